The summed E-state index contributed by atoms with van der Waals surface area (Å²) in [5.41, 5.74) is 0. The van der Waals surface area contributed by atoms with E-state index in [0.29, 0.717) is 19.8 Å². The van der Waals surface area contributed by atoms with E-state index >= 15 is 0 Å². The number of ether oxygens (including phenoxy) is 2. The Bertz CT molecular complexity index is 236. The van der Waals surface area contributed by atoms with Crippen LogP contribution in [0.3, 0.4) is 0 Å². The molecule has 0 atom stereocenters. The minimum atomic E-state index is -0.0348. The molecule has 0 aromatic carbocycles. The second kappa shape index (κ2) is 15.7. The lowest BCUT2D eigenvalue weighted by Gasteiger charge is -2.07. The van der Waals surface area contributed by atoms with E-state index in [1.807, 2.05) is 7.05 Å². The summed E-state index contributed by atoms with van der Waals surface area (Å²) >= 11 is 0. The highest BCUT2D eigenvalue weighted by Gasteiger charge is 2.00. The van der Waals surface area contributed by atoms with Crippen molar-refractivity contribution in [3.8, 4) is 0 Å². The molecule has 0 aliphatic heterocycles. The SMILES string of the molecule is CNCCOCCOCC(=O)NCCCCCCC(C)C. The zero-order chi connectivity index (χ0) is 15.8. The average molecular weight is 302 g/mol. The van der Waals surface area contributed by atoms with Gasteiger partial charge >= 0.3 is 0 Å². The van der Waals surface area contributed by atoms with Gasteiger partial charge in [0, 0.05) is 13.1 Å². The highest BCUT2D eigenvalue weighted by molar-refractivity contribution is 5.77. The second-order valence-electron chi connectivity index (χ2n) is 5.72. The summed E-state index contributed by atoms with van der Waals surface area (Å²) in [6, 6.07) is 0. The molecule has 0 rings (SSSR count). The molecular formula is C16H34N2O3. The number of likely N-dealkylation sites (N-methyl/N-ethyl adjacent to an activating group) is 1. The van der Waals surface area contributed by atoms with Crippen molar-refractivity contribution in [1.29, 1.82) is 0 Å². The maximum atomic E-state index is 11.5. The van der Waals surface area contributed by atoms with Crippen LogP contribution in [-0.2, 0) is 14.3 Å². The summed E-state index contributed by atoms with van der Waals surface area (Å²) in [6.07, 6.45) is 6.09. The van der Waals surface area contributed by atoms with Gasteiger partial charge < -0.3 is 20.1 Å². The van der Waals surface area contributed by atoms with E-state index in [1.165, 1.54) is 25.7 Å². The summed E-state index contributed by atoms with van der Waals surface area (Å²) in [7, 11) is 1.88. The molecule has 0 saturated heterocycles. The third-order valence-electron chi connectivity index (χ3n) is 3.13. The van der Waals surface area contributed by atoms with Crippen LogP contribution in [0.5, 0.6) is 0 Å². The highest BCUT2D eigenvalue weighted by atomic mass is 16.5. The maximum absolute atomic E-state index is 11.5. The molecule has 126 valence electrons. The smallest absolute Gasteiger partial charge is 0.245 e. The molecular weight excluding hydrogens is 268 g/mol. The van der Waals surface area contributed by atoms with Gasteiger partial charge in [-0.2, -0.15) is 0 Å². The molecule has 0 heterocycles. The molecule has 0 unspecified atom stereocenters. The first-order chi connectivity index (χ1) is 10.2. The van der Waals surface area contributed by atoms with Crippen molar-refractivity contribution in [3.63, 3.8) is 0 Å². The van der Waals surface area contributed by atoms with Crippen LogP contribution in [-0.4, -0.2) is 52.5 Å². The number of carbonyl (C=O) groups excluding carboxylic acids is 1. The topological polar surface area (TPSA) is 59.6 Å². The van der Waals surface area contributed by atoms with Crippen LogP contribution in [0.2, 0.25) is 0 Å². The summed E-state index contributed by atoms with van der Waals surface area (Å²) < 4.78 is 10.5. The molecule has 0 aliphatic carbocycles. The molecule has 0 aliphatic rings. The van der Waals surface area contributed by atoms with Crippen LogP contribution >= 0.6 is 0 Å². The molecule has 0 radical (unpaired) electrons. The summed E-state index contributed by atoms with van der Waals surface area (Å²) in [4.78, 5) is 11.5. The van der Waals surface area contributed by atoms with Crippen molar-refractivity contribution in [1.82, 2.24) is 10.6 Å². The third-order valence-corrected chi connectivity index (χ3v) is 3.13. The van der Waals surface area contributed by atoms with Gasteiger partial charge in [-0.1, -0.05) is 39.5 Å². The number of amides is 1. The number of carbonyl (C=O) groups is 1. The Morgan fingerprint density at radius 1 is 0.952 bits per heavy atom. The molecule has 2 N–H and O–H groups in total. The minimum absolute atomic E-state index is 0.0348. The quantitative estimate of drug-likeness (QED) is 0.454. The van der Waals surface area contributed by atoms with Crippen molar-refractivity contribution in [2.24, 2.45) is 5.92 Å². The predicted octanol–water partition coefficient (Wildman–Crippen LogP) is 1.96. The first kappa shape index (κ1) is 20.3. The van der Waals surface area contributed by atoms with Crippen molar-refractivity contribution in [3.05, 3.63) is 0 Å². The van der Waals surface area contributed by atoms with Crippen LogP contribution in [0, 0.1) is 5.92 Å². The van der Waals surface area contributed by atoms with Gasteiger partial charge in [0.25, 0.3) is 0 Å². The molecule has 5 nitrogen and oxygen atoms in total. The number of hydrogen-bond donors (Lipinski definition) is 2. The first-order valence-corrected chi connectivity index (χ1v) is 8.23. The first-order valence-electron chi connectivity index (χ1n) is 8.23. The largest absolute Gasteiger partial charge is 0.378 e. The zero-order valence-corrected chi connectivity index (χ0v) is 14.1. The number of rotatable bonds is 15. The van der Waals surface area contributed by atoms with Gasteiger partial charge in [-0.3, -0.25) is 4.79 Å². The van der Waals surface area contributed by atoms with Gasteiger partial charge in [0.15, 0.2) is 0 Å². The van der Waals surface area contributed by atoms with Crippen molar-refractivity contribution >= 4 is 5.91 Å². The van der Waals surface area contributed by atoms with E-state index in [9.17, 15) is 4.79 Å². The van der Waals surface area contributed by atoms with E-state index in [4.69, 9.17) is 9.47 Å². The lowest BCUT2D eigenvalue weighted by Crippen LogP contribution is -2.29. The number of hydrogen-bond acceptors (Lipinski definition) is 4. The lowest BCUT2D eigenvalue weighted by molar-refractivity contribution is -0.126. The van der Waals surface area contributed by atoms with Crippen molar-refractivity contribution in [2.45, 2.75) is 46.0 Å². The van der Waals surface area contributed by atoms with Crippen LogP contribution in [0.1, 0.15) is 46.0 Å². The fraction of sp³-hybridized carbons (Fsp3) is 0.938. The van der Waals surface area contributed by atoms with Crippen LogP contribution in [0.25, 0.3) is 0 Å². The van der Waals surface area contributed by atoms with Gasteiger partial charge in [0.05, 0.1) is 19.8 Å². The Labute approximate surface area is 130 Å². The Balaban J connectivity index is 3.16. The number of nitrogens with one attached hydrogen (secondary N) is 2. The number of unbranched alkanes of at least 4 members (excludes halogenated alkanes) is 3. The Kier molecular flexibility index (Phi) is 15.2. The predicted molar refractivity (Wildman–Crippen MR) is 86.5 cm³/mol. The molecule has 0 bridgehead atoms. The molecule has 0 saturated carbocycles. The maximum Gasteiger partial charge on any atom is 0.245 e. The van der Waals surface area contributed by atoms with E-state index in [0.717, 1.165) is 25.4 Å². The average Bonchev–Trinajstić information content (AvgIpc) is 2.45. The van der Waals surface area contributed by atoms with Gasteiger partial charge in [0.2, 0.25) is 5.91 Å². The fourth-order valence-corrected chi connectivity index (χ4v) is 1.87. The monoisotopic (exact) mass is 302 g/mol. The lowest BCUT2D eigenvalue weighted by atomic mass is 10.0. The Morgan fingerprint density at radius 3 is 2.38 bits per heavy atom. The summed E-state index contributed by atoms with van der Waals surface area (Å²) in [5.74, 6) is 0.761. The van der Waals surface area contributed by atoms with E-state index in [-0.39, 0.29) is 12.5 Å². The second-order valence-corrected chi connectivity index (χ2v) is 5.72. The van der Waals surface area contributed by atoms with E-state index in [1.54, 1.807) is 0 Å². The van der Waals surface area contributed by atoms with E-state index in [2.05, 4.69) is 24.5 Å². The fourth-order valence-electron chi connectivity index (χ4n) is 1.87. The zero-order valence-electron chi connectivity index (χ0n) is 14.1. The standard InChI is InChI=1S/C16H34N2O3/c1-15(2)8-6-4-5-7-9-18-16(19)14-21-13-12-20-11-10-17-3/h15,17H,4-14H2,1-3H3,(H,18,19). The van der Waals surface area contributed by atoms with Crippen molar-refractivity contribution in [2.75, 3.05) is 46.6 Å². The molecule has 0 aromatic heterocycles. The van der Waals surface area contributed by atoms with Crippen molar-refractivity contribution < 1.29 is 14.3 Å². The van der Waals surface area contributed by atoms with Crippen LogP contribution < -0.4 is 10.6 Å². The van der Waals surface area contributed by atoms with Gasteiger partial charge in [-0.25, -0.2) is 0 Å². The molecule has 0 fully saturated rings. The molecule has 21 heavy (non-hydrogen) atoms. The minimum Gasteiger partial charge on any atom is -0.378 e. The third kappa shape index (κ3) is 17.3. The Hall–Kier alpha value is -0.650. The van der Waals surface area contributed by atoms with Gasteiger partial charge in [-0.05, 0) is 19.4 Å². The molecule has 5 heteroatoms. The molecule has 1 amide bonds. The molecule has 0 aromatic rings. The van der Waals surface area contributed by atoms with E-state index < -0.39 is 0 Å². The Morgan fingerprint density at radius 2 is 1.67 bits per heavy atom. The molecule has 0 spiro atoms. The summed E-state index contributed by atoms with van der Waals surface area (Å²) in [6.45, 7) is 7.89. The normalized spacial score (nSPS) is 11.0. The highest BCUT2D eigenvalue weighted by Crippen LogP contribution is 2.08. The summed E-state index contributed by atoms with van der Waals surface area (Å²) in [5, 5.41) is 5.87. The van der Waals surface area contributed by atoms with Crippen LogP contribution in [0.15, 0.2) is 0 Å². The van der Waals surface area contributed by atoms with Gasteiger partial charge in [-0.15, -0.1) is 0 Å². The van der Waals surface area contributed by atoms with Crippen LogP contribution in [0.4, 0.5) is 0 Å². The van der Waals surface area contributed by atoms with Gasteiger partial charge in [0.1, 0.15) is 6.61 Å².